The van der Waals surface area contributed by atoms with E-state index in [2.05, 4.69) is 20.4 Å². The third-order valence-corrected chi connectivity index (χ3v) is 6.39. The van der Waals surface area contributed by atoms with Crippen LogP contribution in [0.3, 0.4) is 0 Å². The lowest BCUT2D eigenvalue weighted by Crippen LogP contribution is -2.50. The third kappa shape index (κ3) is 4.57. The molecule has 0 bridgehead atoms. The number of anilines is 1. The molecular formula is C23H22F5N7O3. The number of benzene rings is 1. The zero-order valence-electron chi connectivity index (χ0n) is 19.9. The highest BCUT2D eigenvalue weighted by Crippen LogP contribution is 2.36. The largest absolute Gasteiger partial charge is 0.479 e. The van der Waals surface area contributed by atoms with Gasteiger partial charge in [-0.25, -0.2) is 31.5 Å². The first-order valence-corrected chi connectivity index (χ1v) is 11.5. The average molecular weight is 539 g/mol. The van der Waals surface area contributed by atoms with Crippen LogP contribution < -0.4 is 10.1 Å². The molecule has 3 aromatic heterocycles. The van der Waals surface area contributed by atoms with E-state index in [-0.39, 0.29) is 59.0 Å². The van der Waals surface area contributed by atoms with Gasteiger partial charge in [0.15, 0.2) is 11.6 Å². The van der Waals surface area contributed by atoms with Crippen molar-refractivity contribution in [2.45, 2.75) is 31.6 Å². The van der Waals surface area contributed by atoms with Crippen molar-refractivity contribution >= 4 is 28.4 Å². The fraction of sp³-hybridized carbons (Fsp3) is 0.391. The second kappa shape index (κ2) is 10.0. The average Bonchev–Trinajstić information content (AvgIpc) is 3.43. The molecule has 4 aromatic rings. The van der Waals surface area contributed by atoms with Crippen molar-refractivity contribution in [1.82, 2.24) is 29.0 Å². The van der Waals surface area contributed by atoms with E-state index in [1.807, 2.05) is 0 Å². The first kappa shape index (κ1) is 25.6. The van der Waals surface area contributed by atoms with Crippen LogP contribution in [0.4, 0.5) is 27.9 Å². The van der Waals surface area contributed by atoms with Crippen molar-refractivity contribution in [2.75, 3.05) is 32.1 Å². The smallest absolute Gasteiger partial charge is 0.256 e. The number of rotatable bonds is 7. The Morgan fingerprint density at radius 3 is 2.76 bits per heavy atom. The number of aliphatic hydroxyl groups is 1. The van der Waals surface area contributed by atoms with Gasteiger partial charge in [0.2, 0.25) is 17.7 Å². The normalized spacial score (nSPS) is 18.1. The van der Waals surface area contributed by atoms with Gasteiger partial charge < -0.3 is 24.6 Å². The van der Waals surface area contributed by atoms with E-state index in [1.165, 1.54) is 18.1 Å². The molecule has 1 fully saturated rings. The lowest BCUT2D eigenvalue weighted by Gasteiger charge is -2.34. The Bertz CT molecular complexity index is 1510. The van der Waals surface area contributed by atoms with E-state index >= 15 is 4.39 Å². The Kier molecular flexibility index (Phi) is 6.77. The first-order chi connectivity index (χ1) is 18.2. The van der Waals surface area contributed by atoms with Gasteiger partial charge >= 0.3 is 0 Å². The number of nitrogens with one attached hydrogen (secondary N) is 1. The van der Waals surface area contributed by atoms with Crippen LogP contribution in [-0.4, -0.2) is 85.5 Å². The summed E-state index contributed by atoms with van der Waals surface area (Å²) in [6, 6.07) is 1.60. The lowest BCUT2D eigenvalue weighted by molar-refractivity contribution is -0.136. The summed E-state index contributed by atoms with van der Waals surface area (Å²) in [5.41, 5.74) is -0.149. The molecule has 0 unspecified atom stereocenters. The Labute approximate surface area is 211 Å². The lowest BCUT2D eigenvalue weighted by atomic mass is 10.0. The predicted molar refractivity (Wildman–Crippen MR) is 125 cm³/mol. The standard InChI is InChI=1S/C23H22F5N7O3/c1-38-22-21-19(11-4-12(24)20-16(5-11)34(10-29-20)8-17(27)28)14(26)7-35(21)32-23(31-22)30-15-2-3-33(6-13(15)25)18(37)9-36/h4-5,7,10,13,15,17,36H,2-3,6,8-9H2,1H3,(H,30,32)/t13-,15+/m1/s1. The Morgan fingerprint density at radius 2 is 2.08 bits per heavy atom. The van der Waals surface area contributed by atoms with Gasteiger partial charge in [-0.1, -0.05) is 0 Å². The van der Waals surface area contributed by atoms with E-state index in [1.54, 1.807) is 0 Å². The fourth-order valence-corrected chi connectivity index (χ4v) is 4.62. The third-order valence-electron chi connectivity index (χ3n) is 6.39. The summed E-state index contributed by atoms with van der Waals surface area (Å²) in [6.45, 7) is -1.46. The number of imidazole rings is 1. The summed E-state index contributed by atoms with van der Waals surface area (Å²) in [4.78, 5) is 20.9. The minimum absolute atomic E-state index is 0.0263. The molecule has 1 aliphatic heterocycles. The van der Waals surface area contributed by atoms with Crippen molar-refractivity contribution in [1.29, 1.82) is 0 Å². The van der Waals surface area contributed by atoms with Crippen LogP contribution in [0.2, 0.25) is 0 Å². The molecule has 2 N–H and O–H groups in total. The number of alkyl halides is 3. The second-order valence-electron chi connectivity index (χ2n) is 8.76. The number of nitrogens with zero attached hydrogens (tertiary/aromatic N) is 6. The predicted octanol–water partition coefficient (Wildman–Crippen LogP) is 2.64. The molecule has 2 atom stereocenters. The van der Waals surface area contributed by atoms with Gasteiger partial charge in [0.25, 0.3) is 6.43 Å². The number of carbonyl (C=O) groups excluding carboxylic acids is 1. The van der Waals surface area contributed by atoms with Gasteiger partial charge in [-0.3, -0.25) is 4.79 Å². The minimum Gasteiger partial charge on any atom is -0.479 e. The van der Waals surface area contributed by atoms with Gasteiger partial charge in [-0.2, -0.15) is 4.98 Å². The summed E-state index contributed by atoms with van der Waals surface area (Å²) in [6.07, 6.45) is -1.91. The number of aromatic nitrogens is 5. The Hall–Kier alpha value is -4.01. The topological polar surface area (TPSA) is 110 Å². The van der Waals surface area contributed by atoms with E-state index in [9.17, 15) is 22.4 Å². The molecule has 38 heavy (non-hydrogen) atoms. The van der Waals surface area contributed by atoms with Crippen molar-refractivity contribution in [3.63, 3.8) is 0 Å². The second-order valence-corrected chi connectivity index (χ2v) is 8.76. The van der Waals surface area contributed by atoms with E-state index in [0.717, 1.165) is 27.7 Å². The number of fused-ring (bicyclic) bond motifs is 2. The zero-order chi connectivity index (χ0) is 27.1. The number of aliphatic hydroxyl groups excluding tert-OH is 1. The van der Waals surface area contributed by atoms with Crippen molar-refractivity contribution < 1.29 is 36.6 Å². The van der Waals surface area contributed by atoms with Crippen LogP contribution in [0.15, 0.2) is 24.7 Å². The number of ether oxygens (including phenoxy) is 1. The molecule has 202 valence electrons. The van der Waals surface area contributed by atoms with Crippen LogP contribution >= 0.6 is 0 Å². The van der Waals surface area contributed by atoms with Crippen LogP contribution in [-0.2, 0) is 11.3 Å². The summed E-state index contributed by atoms with van der Waals surface area (Å²) in [7, 11) is 1.28. The summed E-state index contributed by atoms with van der Waals surface area (Å²) >= 11 is 0. The first-order valence-electron chi connectivity index (χ1n) is 11.5. The minimum atomic E-state index is -2.71. The van der Waals surface area contributed by atoms with Gasteiger partial charge in [0.1, 0.15) is 23.8 Å². The van der Waals surface area contributed by atoms with Crippen LogP contribution in [0.25, 0.3) is 27.7 Å². The zero-order valence-corrected chi connectivity index (χ0v) is 19.9. The molecule has 0 aliphatic carbocycles. The van der Waals surface area contributed by atoms with E-state index in [0.29, 0.717) is 0 Å². The maximum absolute atomic E-state index is 15.2. The molecule has 1 aliphatic rings. The summed E-state index contributed by atoms with van der Waals surface area (Å²) in [5, 5.41) is 16.0. The monoisotopic (exact) mass is 539 g/mol. The number of hydrogen-bond acceptors (Lipinski definition) is 7. The SMILES string of the molecule is COc1nc(N[C@H]2CCN(C(=O)CO)C[C@H]2F)nn2cc(F)c(-c3cc(F)c4ncn(CC(F)F)c4c3)c12. The number of piperidine rings is 1. The number of hydrogen-bond donors (Lipinski definition) is 2. The number of halogens is 5. The van der Waals surface area contributed by atoms with Gasteiger partial charge in [0, 0.05) is 6.54 Å². The molecular weight excluding hydrogens is 517 g/mol. The summed E-state index contributed by atoms with van der Waals surface area (Å²) in [5.74, 6) is -2.41. The van der Waals surface area contributed by atoms with Gasteiger partial charge in [-0.05, 0) is 24.1 Å². The maximum Gasteiger partial charge on any atom is 0.256 e. The molecule has 4 heterocycles. The van der Waals surface area contributed by atoms with Crippen molar-refractivity contribution in [2.24, 2.45) is 0 Å². The van der Waals surface area contributed by atoms with E-state index < -0.39 is 49.3 Å². The Balaban J connectivity index is 1.51. The molecule has 0 spiro atoms. The highest BCUT2D eigenvalue weighted by atomic mass is 19.3. The quantitative estimate of drug-likeness (QED) is 0.348. The highest BCUT2D eigenvalue weighted by molar-refractivity contribution is 5.90. The molecule has 10 nitrogen and oxygen atoms in total. The number of likely N-dealkylation sites (tertiary alicyclic amines) is 1. The molecule has 0 saturated carbocycles. The van der Waals surface area contributed by atoms with Gasteiger partial charge in [0.05, 0.1) is 49.8 Å². The fourth-order valence-electron chi connectivity index (χ4n) is 4.62. The molecule has 1 aromatic carbocycles. The maximum atomic E-state index is 15.2. The molecule has 1 amide bonds. The van der Waals surface area contributed by atoms with Crippen LogP contribution in [0.1, 0.15) is 6.42 Å². The molecule has 1 saturated heterocycles. The highest BCUT2D eigenvalue weighted by Gasteiger charge is 2.32. The molecule has 5 rings (SSSR count). The summed E-state index contributed by atoms with van der Waals surface area (Å²) < 4.78 is 78.3. The van der Waals surface area contributed by atoms with E-state index in [4.69, 9.17) is 9.84 Å². The number of amides is 1. The number of carbonyl (C=O) groups is 1. The van der Waals surface area contributed by atoms with Gasteiger partial charge in [-0.15, -0.1) is 5.10 Å². The molecule has 0 radical (unpaired) electrons. The van der Waals surface area contributed by atoms with Crippen LogP contribution in [0.5, 0.6) is 5.88 Å². The number of methoxy groups -OCH3 is 1. The van der Waals surface area contributed by atoms with Crippen LogP contribution in [0, 0.1) is 11.6 Å². The van der Waals surface area contributed by atoms with Crippen molar-refractivity contribution in [3.05, 3.63) is 36.3 Å². The Morgan fingerprint density at radius 1 is 1.29 bits per heavy atom. The van der Waals surface area contributed by atoms with Crippen molar-refractivity contribution in [3.8, 4) is 17.0 Å². The molecule has 15 heteroatoms.